The highest BCUT2D eigenvalue weighted by atomic mass is 19.4. The van der Waals surface area contributed by atoms with E-state index in [0.29, 0.717) is 36.5 Å². The van der Waals surface area contributed by atoms with Crippen molar-refractivity contribution in [3.05, 3.63) is 47.3 Å². The predicted molar refractivity (Wildman–Crippen MR) is 81.9 cm³/mol. The van der Waals surface area contributed by atoms with E-state index in [4.69, 9.17) is 4.74 Å². The zero-order chi connectivity index (χ0) is 17.7. The van der Waals surface area contributed by atoms with E-state index >= 15 is 0 Å². The summed E-state index contributed by atoms with van der Waals surface area (Å²) in [4.78, 5) is 12.0. The molecular formula is C16H18F3N3O2. The highest BCUT2D eigenvalue weighted by molar-refractivity contribution is 5.94. The monoisotopic (exact) mass is 341 g/mol. The summed E-state index contributed by atoms with van der Waals surface area (Å²) in [5.41, 5.74) is -0.00848. The molecule has 0 atom stereocenters. The second-order valence-electron chi connectivity index (χ2n) is 5.23. The molecule has 24 heavy (non-hydrogen) atoms. The zero-order valence-corrected chi connectivity index (χ0v) is 13.4. The number of aryl methyl sites for hydroxylation is 2. The minimum atomic E-state index is -4.45. The van der Waals surface area contributed by atoms with Crippen LogP contribution >= 0.6 is 0 Å². The van der Waals surface area contributed by atoms with Crippen LogP contribution in [0.15, 0.2) is 30.3 Å². The van der Waals surface area contributed by atoms with Crippen molar-refractivity contribution in [2.75, 3.05) is 13.7 Å². The van der Waals surface area contributed by atoms with Gasteiger partial charge in [0.2, 0.25) is 0 Å². The van der Waals surface area contributed by atoms with Crippen LogP contribution in [0.25, 0.3) is 0 Å². The van der Waals surface area contributed by atoms with Crippen molar-refractivity contribution in [3.8, 4) is 5.75 Å². The summed E-state index contributed by atoms with van der Waals surface area (Å²) >= 11 is 0. The van der Waals surface area contributed by atoms with Crippen LogP contribution in [0, 0.1) is 6.92 Å². The van der Waals surface area contributed by atoms with E-state index in [1.165, 1.54) is 11.8 Å². The number of carbonyl (C=O) groups is 1. The van der Waals surface area contributed by atoms with Crippen molar-refractivity contribution in [2.45, 2.75) is 26.1 Å². The van der Waals surface area contributed by atoms with Gasteiger partial charge in [0.15, 0.2) is 5.69 Å². The first-order valence-electron chi connectivity index (χ1n) is 7.35. The van der Waals surface area contributed by atoms with Crippen LogP contribution in [0.1, 0.15) is 28.2 Å². The Morgan fingerprint density at radius 3 is 2.71 bits per heavy atom. The molecule has 0 radical (unpaired) electrons. The van der Waals surface area contributed by atoms with Gasteiger partial charge in [-0.1, -0.05) is 6.07 Å². The normalized spacial score (nSPS) is 11.4. The molecule has 2 aromatic rings. The van der Waals surface area contributed by atoms with Gasteiger partial charge in [-0.3, -0.25) is 9.48 Å². The molecule has 0 aliphatic heterocycles. The number of rotatable bonds is 6. The van der Waals surface area contributed by atoms with Gasteiger partial charge in [0.05, 0.1) is 7.11 Å². The molecule has 0 saturated carbocycles. The summed E-state index contributed by atoms with van der Waals surface area (Å²) in [5.74, 6) is 0.316. The molecule has 1 aromatic carbocycles. The quantitative estimate of drug-likeness (QED) is 0.822. The molecule has 0 spiro atoms. The zero-order valence-electron chi connectivity index (χ0n) is 13.4. The maximum atomic E-state index is 12.6. The second-order valence-corrected chi connectivity index (χ2v) is 5.23. The molecule has 8 heteroatoms. The molecule has 5 nitrogen and oxygen atoms in total. The van der Waals surface area contributed by atoms with E-state index in [2.05, 4.69) is 10.4 Å². The summed E-state index contributed by atoms with van der Waals surface area (Å²) in [6.45, 7) is 2.19. The Balaban J connectivity index is 1.84. The number of hydrogen-bond donors (Lipinski definition) is 1. The lowest BCUT2D eigenvalue weighted by molar-refractivity contribution is -0.141. The first-order valence-corrected chi connectivity index (χ1v) is 7.35. The minimum absolute atomic E-state index is 0.262. The Morgan fingerprint density at radius 1 is 1.33 bits per heavy atom. The average Bonchev–Trinajstić information content (AvgIpc) is 2.92. The number of hydrogen-bond acceptors (Lipinski definition) is 3. The van der Waals surface area contributed by atoms with Crippen LogP contribution < -0.4 is 10.1 Å². The third-order valence-electron chi connectivity index (χ3n) is 3.44. The van der Waals surface area contributed by atoms with Gasteiger partial charge in [-0.05, 0) is 37.6 Å². The Bertz CT molecular complexity index is 711. The summed E-state index contributed by atoms with van der Waals surface area (Å²) < 4.78 is 44.1. The van der Waals surface area contributed by atoms with Gasteiger partial charge in [0.1, 0.15) is 5.75 Å². The third kappa shape index (κ3) is 4.50. The molecular weight excluding hydrogens is 323 g/mol. The number of methoxy groups -OCH3 is 1. The van der Waals surface area contributed by atoms with Crippen molar-refractivity contribution in [1.82, 2.24) is 15.1 Å². The van der Waals surface area contributed by atoms with Gasteiger partial charge in [-0.2, -0.15) is 18.3 Å². The maximum absolute atomic E-state index is 12.6. The Labute approximate surface area is 137 Å². The summed E-state index contributed by atoms with van der Waals surface area (Å²) in [6, 6.07) is 7.72. The molecule has 1 aromatic heterocycles. The molecule has 0 saturated heterocycles. The lowest BCUT2D eigenvalue weighted by atomic mass is 10.2. The van der Waals surface area contributed by atoms with Gasteiger partial charge in [0.25, 0.3) is 5.91 Å². The number of nitrogens with zero attached hydrogens (tertiary/aromatic N) is 2. The lowest BCUT2D eigenvalue weighted by Gasteiger charge is -2.08. The maximum Gasteiger partial charge on any atom is 0.435 e. The van der Waals surface area contributed by atoms with Crippen LogP contribution in [0.5, 0.6) is 5.75 Å². The average molecular weight is 341 g/mol. The van der Waals surface area contributed by atoms with Gasteiger partial charge >= 0.3 is 6.18 Å². The van der Waals surface area contributed by atoms with E-state index in [-0.39, 0.29) is 5.91 Å². The molecule has 1 heterocycles. The van der Waals surface area contributed by atoms with E-state index in [9.17, 15) is 18.0 Å². The summed E-state index contributed by atoms with van der Waals surface area (Å²) in [5, 5.41) is 6.26. The molecule has 0 bridgehead atoms. The molecule has 130 valence electrons. The highest BCUT2D eigenvalue weighted by Gasteiger charge is 2.34. The number of ether oxygens (including phenoxy) is 1. The first-order chi connectivity index (χ1) is 11.3. The first kappa shape index (κ1) is 17.8. The molecule has 1 N–H and O–H groups in total. The van der Waals surface area contributed by atoms with E-state index in [1.54, 1.807) is 31.2 Å². The van der Waals surface area contributed by atoms with Crippen LogP contribution in [-0.2, 0) is 12.7 Å². The van der Waals surface area contributed by atoms with Gasteiger partial charge in [-0.15, -0.1) is 0 Å². The lowest BCUT2D eigenvalue weighted by Crippen LogP contribution is -2.25. The smallest absolute Gasteiger partial charge is 0.435 e. The van der Waals surface area contributed by atoms with Crippen molar-refractivity contribution in [3.63, 3.8) is 0 Å². The van der Waals surface area contributed by atoms with Crippen molar-refractivity contribution >= 4 is 5.91 Å². The summed E-state index contributed by atoms with van der Waals surface area (Å²) in [6.07, 6.45) is -3.98. The molecule has 1 amide bonds. The number of benzene rings is 1. The van der Waals surface area contributed by atoms with Crippen molar-refractivity contribution < 1.29 is 22.7 Å². The third-order valence-corrected chi connectivity index (χ3v) is 3.44. The van der Waals surface area contributed by atoms with Crippen LogP contribution in [-0.4, -0.2) is 29.3 Å². The van der Waals surface area contributed by atoms with E-state index < -0.39 is 11.9 Å². The standard InChI is InChI=1S/C16H18F3N3O2/c1-11-9-14(16(17,18)19)21-22(11)8-4-7-20-15(23)12-5-3-6-13(10-12)24-2/h3,5-6,9-10H,4,7-8H2,1-2H3,(H,20,23). The molecule has 0 aliphatic rings. The van der Waals surface area contributed by atoms with Crippen molar-refractivity contribution in [2.24, 2.45) is 0 Å². The van der Waals surface area contributed by atoms with Crippen LogP contribution in [0.3, 0.4) is 0 Å². The minimum Gasteiger partial charge on any atom is -0.497 e. The number of amides is 1. The Hall–Kier alpha value is -2.51. The largest absolute Gasteiger partial charge is 0.497 e. The second kappa shape index (κ2) is 7.37. The SMILES string of the molecule is COc1cccc(C(=O)NCCCn2nc(C(F)(F)F)cc2C)c1. The van der Waals surface area contributed by atoms with E-state index in [1.807, 2.05) is 0 Å². The Morgan fingerprint density at radius 2 is 2.08 bits per heavy atom. The predicted octanol–water partition coefficient (Wildman–Crippen LogP) is 3.04. The molecule has 0 aliphatic carbocycles. The molecule has 0 fully saturated rings. The van der Waals surface area contributed by atoms with Crippen LogP contribution in [0.2, 0.25) is 0 Å². The summed E-state index contributed by atoms with van der Waals surface area (Å²) in [7, 11) is 1.51. The van der Waals surface area contributed by atoms with Crippen LogP contribution in [0.4, 0.5) is 13.2 Å². The topological polar surface area (TPSA) is 56.1 Å². The van der Waals surface area contributed by atoms with Crippen molar-refractivity contribution in [1.29, 1.82) is 0 Å². The van der Waals surface area contributed by atoms with Gasteiger partial charge < -0.3 is 10.1 Å². The fourth-order valence-electron chi connectivity index (χ4n) is 2.17. The highest BCUT2D eigenvalue weighted by Crippen LogP contribution is 2.28. The number of alkyl halides is 3. The number of aromatic nitrogens is 2. The molecule has 0 unspecified atom stereocenters. The van der Waals surface area contributed by atoms with Gasteiger partial charge in [-0.25, -0.2) is 0 Å². The Kier molecular flexibility index (Phi) is 5.48. The fourth-order valence-corrected chi connectivity index (χ4v) is 2.17. The number of nitrogens with one attached hydrogen (secondary N) is 1. The number of halogens is 3. The molecule has 2 rings (SSSR count). The number of carbonyl (C=O) groups excluding carboxylic acids is 1. The fraction of sp³-hybridized carbons (Fsp3) is 0.375. The van der Waals surface area contributed by atoms with E-state index in [0.717, 1.165) is 6.07 Å². The van der Waals surface area contributed by atoms with Gasteiger partial charge in [0, 0.05) is 24.3 Å².